The highest BCUT2D eigenvalue weighted by Gasteiger charge is 2.05. The molecule has 0 fully saturated rings. The molecule has 0 aliphatic heterocycles. The number of methoxy groups -OCH3 is 1. The van der Waals surface area contributed by atoms with E-state index < -0.39 is 0 Å². The quantitative estimate of drug-likeness (QED) is 0.705. The first-order valence-corrected chi connectivity index (χ1v) is 4.85. The highest BCUT2D eigenvalue weighted by atomic mass is 16.5. The fourth-order valence-electron chi connectivity index (χ4n) is 1.33. The Hall–Kier alpha value is -1.24. The molecule has 1 aromatic rings. The summed E-state index contributed by atoms with van der Waals surface area (Å²) in [7, 11) is 1.70. The van der Waals surface area contributed by atoms with Crippen LogP contribution in [0.3, 0.4) is 0 Å². The van der Waals surface area contributed by atoms with E-state index in [0.29, 0.717) is 0 Å². The molecule has 0 spiro atoms. The molecule has 1 radical (unpaired) electrons. The Balaban J connectivity index is 3.09. The average Bonchev–Trinajstić information content (AvgIpc) is 2.27. The number of aryl methyl sites for hydroxylation is 1. The van der Waals surface area contributed by atoms with Gasteiger partial charge < -0.3 is 4.74 Å². The molecule has 0 heterocycles. The summed E-state index contributed by atoms with van der Waals surface area (Å²) in [5.74, 6) is 2.10. The van der Waals surface area contributed by atoms with Gasteiger partial charge in [-0.15, -0.1) is 6.58 Å². The van der Waals surface area contributed by atoms with Crippen LogP contribution < -0.4 is 4.74 Å². The van der Waals surface area contributed by atoms with Gasteiger partial charge in [-0.05, 0) is 29.7 Å². The van der Waals surface area contributed by atoms with Crippen molar-refractivity contribution in [3.8, 4) is 5.75 Å². The number of benzene rings is 1. The fourth-order valence-corrected chi connectivity index (χ4v) is 1.33. The molecule has 0 N–H and O–H groups in total. The van der Waals surface area contributed by atoms with Crippen LogP contribution in [0.1, 0.15) is 25.0 Å². The molecular weight excluding hydrogens is 172 g/mol. The van der Waals surface area contributed by atoms with E-state index in [0.717, 1.165) is 12.2 Å². The maximum Gasteiger partial charge on any atom is 0.119 e. The number of hydrogen-bond donors (Lipinski definition) is 0. The molecule has 0 saturated heterocycles. The third-order valence-corrected chi connectivity index (χ3v) is 2.37. The lowest BCUT2D eigenvalue weighted by Gasteiger charge is -2.10. The molecular formula is C13H17O. The Kier molecular flexibility index (Phi) is 3.75. The van der Waals surface area contributed by atoms with E-state index in [-0.39, 0.29) is 0 Å². The summed E-state index contributed by atoms with van der Waals surface area (Å²) >= 11 is 0. The number of rotatable bonds is 4. The second-order valence-corrected chi connectivity index (χ2v) is 3.31. The predicted molar refractivity (Wildman–Crippen MR) is 60.6 cm³/mol. The van der Waals surface area contributed by atoms with E-state index >= 15 is 0 Å². The van der Waals surface area contributed by atoms with Crippen molar-refractivity contribution in [2.75, 3.05) is 7.11 Å². The van der Waals surface area contributed by atoms with Crippen LogP contribution in [0.2, 0.25) is 0 Å². The average molecular weight is 189 g/mol. The van der Waals surface area contributed by atoms with Crippen LogP contribution in [0.15, 0.2) is 30.9 Å². The van der Waals surface area contributed by atoms with E-state index in [4.69, 9.17) is 4.74 Å². The van der Waals surface area contributed by atoms with Gasteiger partial charge in [-0.2, -0.15) is 0 Å². The second kappa shape index (κ2) is 4.85. The van der Waals surface area contributed by atoms with Crippen LogP contribution in [0.4, 0.5) is 0 Å². The lowest BCUT2D eigenvalue weighted by atomic mass is 9.98. The first-order valence-electron chi connectivity index (χ1n) is 4.85. The van der Waals surface area contributed by atoms with Crippen LogP contribution in [0.5, 0.6) is 5.75 Å². The van der Waals surface area contributed by atoms with Gasteiger partial charge in [0.05, 0.1) is 7.11 Å². The standard InChI is InChI=1S/C13H17O/c1-5-10(3)12-7-11(6-2)8-13(9-12)14-4/h5,7-9H,1,6H2,2-4H3. The topological polar surface area (TPSA) is 9.23 Å². The molecule has 0 aromatic heterocycles. The zero-order valence-electron chi connectivity index (χ0n) is 9.13. The van der Waals surface area contributed by atoms with Crippen molar-refractivity contribution in [3.05, 3.63) is 47.9 Å². The first kappa shape index (κ1) is 10.8. The molecule has 1 rings (SSSR count). The third-order valence-electron chi connectivity index (χ3n) is 2.37. The molecule has 14 heavy (non-hydrogen) atoms. The van der Waals surface area contributed by atoms with Crippen molar-refractivity contribution < 1.29 is 4.74 Å². The van der Waals surface area contributed by atoms with Gasteiger partial charge in [0.2, 0.25) is 0 Å². The third kappa shape index (κ3) is 2.38. The van der Waals surface area contributed by atoms with E-state index in [2.05, 4.69) is 32.6 Å². The second-order valence-electron chi connectivity index (χ2n) is 3.31. The first-order chi connectivity index (χ1) is 6.71. The molecule has 1 aromatic carbocycles. The van der Waals surface area contributed by atoms with Crippen molar-refractivity contribution in [1.29, 1.82) is 0 Å². The van der Waals surface area contributed by atoms with Gasteiger partial charge in [0.1, 0.15) is 5.75 Å². The van der Waals surface area contributed by atoms with Crippen LogP contribution in [-0.4, -0.2) is 7.11 Å². The Morgan fingerprint density at radius 3 is 2.64 bits per heavy atom. The zero-order chi connectivity index (χ0) is 10.6. The van der Waals surface area contributed by atoms with Crippen LogP contribution >= 0.6 is 0 Å². The van der Waals surface area contributed by atoms with E-state index in [1.807, 2.05) is 12.1 Å². The minimum Gasteiger partial charge on any atom is -0.497 e. The van der Waals surface area contributed by atoms with Gasteiger partial charge >= 0.3 is 0 Å². The lowest BCUT2D eigenvalue weighted by Crippen LogP contribution is -1.94. The molecule has 0 amide bonds. The molecule has 0 aliphatic carbocycles. The lowest BCUT2D eigenvalue weighted by molar-refractivity contribution is 0.414. The van der Waals surface area contributed by atoms with Crippen molar-refractivity contribution in [2.24, 2.45) is 0 Å². The van der Waals surface area contributed by atoms with Crippen LogP contribution in [0, 0.1) is 5.92 Å². The Morgan fingerprint density at radius 1 is 1.43 bits per heavy atom. The Labute approximate surface area is 86.4 Å². The highest BCUT2D eigenvalue weighted by Crippen LogP contribution is 2.23. The molecule has 0 aliphatic rings. The van der Waals surface area contributed by atoms with E-state index in [1.165, 1.54) is 17.0 Å². The normalized spacial score (nSPS) is 10.3. The minimum absolute atomic E-state index is 0.917. The van der Waals surface area contributed by atoms with Crippen molar-refractivity contribution in [3.63, 3.8) is 0 Å². The smallest absolute Gasteiger partial charge is 0.119 e. The molecule has 0 bridgehead atoms. The SMILES string of the molecule is C=C[C](C)c1cc(CC)cc(OC)c1. The number of hydrogen-bond acceptors (Lipinski definition) is 1. The van der Waals surface area contributed by atoms with E-state index in [9.17, 15) is 0 Å². The number of ether oxygens (including phenoxy) is 1. The summed E-state index contributed by atoms with van der Waals surface area (Å²) in [4.78, 5) is 0. The summed E-state index contributed by atoms with van der Waals surface area (Å²) < 4.78 is 5.24. The van der Waals surface area contributed by atoms with Gasteiger partial charge in [-0.25, -0.2) is 0 Å². The van der Waals surface area contributed by atoms with Gasteiger partial charge in [0, 0.05) is 5.92 Å². The van der Waals surface area contributed by atoms with Crippen molar-refractivity contribution in [2.45, 2.75) is 20.3 Å². The number of allylic oxidation sites excluding steroid dienone is 1. The predicted octanol–water partition coefficient (Wildman–Crippen LogP) is 3.39. The molecule has 1 heteroatoms. The maximum atomic E-state index is 5.24. The van der Waals surface area contributed by atoms with Gasteiger partial charge in [-0.1, -0.05) is 26.0 Å². The van der Waals surface area contributed by atoms with E-state index in [1.54, 1.807) is 7.11 Å². The summed E-state index contributed by atoms with van der Waals surface area (Å²) in [6.45, 7) is 7.97. The van der Waals surface area contributed by atoms with Crippen molar-refractivity contribution >= 4 is 0 Å². The fraction of sp³-hybridized carbons (Fsp3) is 0.308. The van der Waals surface area contributed by atoms with Gasteiger partial charge in [0.25, 0.3) is 0 Å². The monoisotopic (exact) mass is 189 g/mol. The summed E-state index contributed by atoms with van der Waals surface area (Å²) in [5, 5.41) is 0. The summed E-state index contributed by atoms with van der Waals surface area (Å²) in [6.07, 6.45) is 2.89. The van der Waals surface area contributed by atoms with Gasteiger partial charge in [-0.3, -0.25) is 0 Å². The molecule has 0 unspecified atom stereocenters. The minimum atomic E-state index is 0.917. The van der Waals surface area contributed by atoms with Gasteiger partial charge in [0.15, 0.2) is 0 Å². The van der Waals surface area contributed by atoms with Crippen LogP contribution in [0.25, 0.3) is 0 Å². The Bertz CT molecular complexity index is 293. The van der Waals surface area contributed by atoms with Crippen LogP contribution in [-0.2, 0) is 6.42 Å². The van der Waals surface area contributed by atoms with Crippen molar-refractivity contribution in [1.82, 2.24) is 0 Å². The molecule has 0 saturated carbocycles. The largest absolute Gasteiger partial charge is 0.497 e. The zero-order valence-corrected chi connectivity index (χ0v) is 9.13. The highest BCUT2D eigenvalue weighted by molar-refractivity contribution is 5.43. The molecule has 0 atom stereocenters. The molecule has 75 valence electrons. The molecule has 1 nitrogen and oxygen atoms in total. The summed E-state index contributed by atoms with van der Waals surface area (Å²) in [5.41, 5.74) is 2.48. The summed E-state index contributed by atoms with van der Waals surface area (Å²) in [6, 6.07) is 6.29. The maximum absolute atomic E-state index is 5.24. The Morgan fingerprint density at radius 2 is 2.14 bits per heavy atom.